The molecule has 2 aromatic rings. The van der Waals surface area contributed by atoms with Crippen molar-refractivity contribution in [3.05, 3.63) is 58.2 Å². The zero-order valence-corrected chi connectivity index (χ0v) is 11.5. The van der Waals surface area contributed by atoms with Crippen LogP contribution in [-0.4, -0.2) is 16.5 Å². The molecule has 3 rings (SSSR count). The first-order valence-electron chi connectivity index (χ1n) is 6.82. The molecule has 98 valence electrons. The zero-order chi connectivity index (χ0) is 13.2. The van der Waals surface area contributed by atoms with Gasteiger partial charge in [-0.2, -0.15) is 0 Å². The summed E-state index contributed by atoms with van der Waals surface area (Å²) in [5.74, 6) is 0.936. The lowest BCUT2D eigenvalue weighted by atomic mass is 10.0. The summed E-state index contributed by atoms with van der Waals surface area (Å²) in [6, 6.07) is 6.64. The molecule has 1 N–H and O–H groups in total. The van der Waals surface area contributed by atoms with Crippen molar-refractivity contribution in [3.63, 3.8) is 0 Å². The van der Waals surface area contributed by atoms with Crippen molar-refractivity contribution in [1.29, 1.82) is 0 Å². The Morgan fingerprint density at radius 1 is 1.16 bits per heavy atom. The molecule has 3 heteroatoms. The summed E-state index contributed by atoms with van der Waals surface area (Å²) in [6.45, 7) is 6.19. The molecular weight excluding hydrogens is 234 g/mol. The number of rotatable bonds is 2. The Morgan fingerprint density at radius 3 is 2.74 bits per heavy atom. The predicted molar refractivity (Wildman–Crippen MR) is 76.2 cm³/mol. The van der Waals surface area contributed by atoms with Gasteiger partial charge in [-0.05, 0) is 19.4 Å². The third kappa shape index (κ3) is 2.82. The molecule has 0 fully saturated rings. The first-order chi connectivity index (χ1) is 9.20. The van der Waals surface area contributed by atoms with Gasteiger partial charge in [-0.3, -0.25) is 0 Å². The van der Waals surface area contributed by atoms with Gasteiger partial charge in [0.1, 0.15) is 5.82 Å². The number of aromatic nitrogens is 2. The maximum Gasteiger partial charge on any atom is 0.132 e. The van der Waals surface area contributed by atoms with E-state index >= 15 is 0 Å². The minimum atomic E-state index is 0.823. The summed E-state index contributed by atoms with van der Waals surface area (Å²) in [7, 11) is 0. The topological polar surface area (TPSA) is 37.8 Å². The van der Waals surface area contributed by atoms with Crippen LogP contribution in [-0.2, 0) is 19.4 Å². The van der Waals surface area contributed by atoms with E-state index in [9.17, 15) is 0 Å². The third-order valence-corrected chi connectivity index (χ3v) is 3.50. The fourth-order valence-corrected chi connectivity index (χ4v) is 2.72. The summed E-state index contributed by atoms with van der Waals surface area (Å²) in [5, 5.41) is 3.35. The van der Waals surface area contributed by atoms with Gasteiger partial charge in [0.15, 0.2) is 0 Å². The molecule has 3 nitrogen and oxygen atoms in total. The first kappa shape index (κ1) is 12.3. The highest BCUT2D eigenvalue weighted by molar-refractivity contribution is 5.31. The highest BCUT2D eigenvalue weighted by Gasteiger charge is 2.11. The SMILES string of the molecule is Cc1cc(C)cc(Cc2ncc3c(n2)CCNC3)c1. The normalized spacial score (nSPS) is 14.2. The van der Waals surface area contributed by atoms with Crippen LogP contribution in [0.3, 0.4) is 0 Å². The molecule has 0 atom stereocenters. The molecular formula is C16H19N3. The highest BCUT2D eigenvalue weighted by atomic mass is 14.9. The van der Waals surface area contributed by atoms with Gasteiger partial charge in [0.05, 0.1) is 0 Å². The average molecular weight is 253 g/mol. The summed E-state index contributed by atoms with van der Waals surface area (Å²) < 4.78 is 0. The second kappa shape index (κ2) is 5.10. The van der Waals surface area contributed by atoms with Crippen molar-refractivity contribution in [1.82, 2.24) is 15.3 Å². The number of hydrogen-bond acceptors (Lipinski definition) is 3. The monoisotopic (exact) mass is 253 g/mol. The van der Waals surface area contributed by atoms with E-state index in [0.717, 1.165) is 31.8 Å². The molecule has 0 amide bonds. The van der Waals surface area contributed by atoms with E-state index in [-0.39, 0.29) is 0 Å². The molecule has 2 heterocycles. The molecule has 0 bridgehead atoms. The number of benzene rings is 1. The molecule has 1 aliphatic rings. The lowest BCUT2D eigenvalue weighted by Crippen LogP contribution is -2.25. The average Bonchev–Trinajstić information content (AvgIpc) is 2.37. The molecule has 0 saturated heterocycles. The lowest BCUT2D eigenvalue weighted by Gasteiger charge is -2.16. The van der Waals surface area contributed by atoms with Crippen LogP contribution in [0.25, 0.3) is 0 Å². The van der Waals surface area contributed by atoms with Gasteiger partial charge in [0, 0.05) is 43.4 Å². The summed E-state index contributed by atoms with van der Waals surface area (Å²) in [6.07, 6.45) is 3.81. The van der Waals surface area contributed by atoms with Gasteiger partial charge >= 0.3 is 0 Å². The number of nitrogens with one attached hydrogen (secondary N) is 1. The number of nitrogens with zero attached hydrogens (tertiary/aromatic N) is 2. The van der Waals surface area contributed by atoms with Crippen molar-refractivity contribution in [3.8, 4) is 0 Å². The maximum atomic E-state index is 4.72. The molecule has 0 radical (unpaired) electrons. The Kier molecular flexibility index (Phi) is 3.30. The standard InChI is InChI=1S/C16H19N3/c1-11-5-12(2)7-13(6-11)8-16-18-10-14-9-17-4-3-15(14)19-16/h5-7,10,17H,3-4,8-9H2,1-2H3. The molecule has 0 spiro atoms. The van der Waals surface area contributed by atoms with Crippen molar-refractivity contribution in [2.24, 2.45) is 0 Å². The lowest BCUT2D eigenvalue weighted by molar-refractivity contribution is 0.621. The van der Waals surface area contributed by atoms with Crippen LogP contribution in [0.4, 0.5) is 0 Å². The van der Waals surface area contributed by atoms with Crippen LogP contribution in [0, 0.1) is 13.8 Å². The zero-order valence-electron chi connectivity index (χ0n) is 11.5. The fraction of sp³-hybridized carbons (Fsp3) is 0.375. The fourth-order valence-electron chi connectivity index (χ4n) is 2.72. The Morgan fingerprint density at radius 2 is 1.95 bits per heavy atom. The summed E-state index contributed by atoms with van der Waals surface area (Å²) >= 11 is 0. The molecule has 0 unspecified atom stereocenters. The van der Waals surface area contributed by atoms with Crippen LogP contribution in [0.1, 0.15) is 33.8 Å². The highest BCUT2D eigenvalue weighted by Crippen LogP contribution is 2.14. The van der Waals surface area contributed by atoms with E-state index < -0.39 is 0 Å². The molecule has 0 saturated carbocycles. The Labute approximate surface area is 114 Å². The van der Waals surface area contributed by atoms with Gasteiger partial charge in [-0.25, -0.2) is 9.97 Å². The smallest absolute Gasteiger partial charge is 0.132 e. The molecule has 1 aliphatic heterocycles. The molecule has 19 heavy (non-hydrogen) atoms. The Bertz CT molecular complexity index is 585. The quantitative estimate of drug-likeness (QED) is 0.892. The van der Waals surface area contributed by atoms with Crippen LogP contribution >= 0.6 is 0 Å². The molecule has 1 aromatic heterocycles. The van der Waals surface area contributed by atoms with E-state index in [1.165, 1.54) is 27.9 Å². The minimum absolute atomic E-state index is 0.823. The number of fused-ring (bicyclic) bond motifs is 1. The van der Waals surface area contributed by atoms with E-state index in [0.29, 0.717) is 0 Å². The number of aryl methyl sites for hydroxylation is 2. The van der Waals surface area contributed by atoms with Crippen molar-refractivity contribution in [2.75, 3.05) is 6.54 Å². The predicted octanol–water partition coefficient (Wildman–Crippen LogP) is 2.33. The Hall–Kier alpha value is -1.74. The third-order valence-electron chi connectivity index (χ3n) is 3.50. The van der Waals surface area contributed by atoms with Gasteiger partial charge < -0.3 is 5.32 Å². The van der Waals surface area contributed by atoms with Crippen molar-refractivity contribution in [2.45, 2.75) is 33.2 Å². The summed E-state index contributed by atoms with van der Waals surface area (Å²) in [4.78, 5) is 9.21. The van der Waals surface area contributed by atoms with Crippen LogP contribution in [0.2, 0.25) is 0 Å². The van der Waals surface area contributed by atoms with Crippen LogP contribution in [0.15, 0.2) is 24.4 Å². The van der Waals surface area contributed by atoms with Crippen LogP contribution in [0.5, 0.6) is 0 Å². The van der Waals surface area contributed by atoms with Crippen molar-refractivity contribution >= 4 is 0 Å². The number of hydrogen-bond donors (Lipinski definition) is 1. The van der Waals surface area contributed by atoms with Gasteiger partial charge in [-0.15, -0.1) is 0 Å². The van der Waals surface area contributed by atoms with Gasteiger partial charge in [0.2, 0.25) is 0 Å². The maximum absolute atomic E-state index is 4.72. The van der Waals surface area contributed by atoms with E-state index in [2.05, 4.69) is 42.3 Å². The minimum Gasteiger partial charge on any atom is -0.312 e. The second-order valence-electron chi connectivity index (χ2n) is 5.36. The van der Waals surface area contributed by atoms with E-state index in [1.54, 1.807) is 0 Å². The molecule has 0 aliphatic carbocycles. The summed E-state index contributed by atoms with van der Waals surface area (Å²) in [5.41, 5.74) is 6.37. The van der Waals surface area contributed by atoms with Gasteiger partial charge in [-0.1, -0.05) is 29.3 Å². The van der Waals surface area contributed by atoms with E-state index in [4.69, 9.17) is 4.98 Å². The van der Waals surface area contributed by atoms with Crippen LogP contribution < -0.4 is 5.32 Å². The second-order valence-corrected chi connectivity index (χ2v) is 5.36. The Balaban J connectivity index is 1.86. The first-order valence-corrected chi connectivity index (χ1v) is 6.82. The van der Waals surface area contributed by atoms with Gasteiger partial charge in [0.25, 0.3) is 0 Å². The van der Waals surface area contributed by atoms with E-state index in [1.807, 2.05) is 6.20 Å². The largest absolute Gasteiger partial charge is 0.312 e. The molecule has 1 aromatic carbocycles. The van der Waals surface area contributed by atoms with Crippen molar-refractivity contribution < 1.29 is 0 Å².